The first-order valence-electron chi connectivity index (χ1n) is 9.88. The van der Waals surface area contributed by atoms with E-state index in [1.54, 1.807) is 0 Å². The standard InChI is InChI=1S/C20H37N5O/c1-15-13-16(2)25(24-15)11-8-10-22-19(21-6)23-14-17-9-7-12-26-18(17)20(3,4)5/h13,17-18H,7-12,14H2,1-6H3,(H2,21,22,23). The topological polar surface area (TPSA) is 63.5 Å². The van der Waals surface area contributed by atoms with Gasteiger partial charge in [-0.25, -0.2) is 0 Å². The number of hydrogen-bond acceptors (Lipinski definition) is 3. The van der Waals surface area contributed by atoms with Crippen LogP contribution in [0.1, 0.15) is 51.4 Å². The molecule has 0 saturated carbocycles. The maximum absolute atomic E-state index is 6.07. The maximum atomic E-state index is 6.07. The molecule has 2 atom stereocenters. The SMILES string of the molecule is CN=C(NCCCn1nc(C)cc1C)NCC1CCCOC1C(C)(C)C. The van der Waals surface area contributed by atoms with Crippen LogP contribution in [-0.4, -0.2) is 48.6 Å². The second-order valence-electron chi connectivity index (χ2n) is 8.44. The van der Waals surface area contributed by atoms with Crippen LogP contribution >= 0.6 is 0 Å². The van der Waals surface area contributed by atoms with E-state index in [0.29, 0.717) is 12.0 Å². The van der Waals surface area contributed by atoms with Crippen molar-refractivity contribution in [1.29, 1.82) is 0 Å². The number of nitrogens with one attached hydrogen (secondary N) is 2. The molecule has 26 heavy (non-hydrogen) atoms. The molecule has 0 amide bonds. The molecule has 0 radical (unpaired) electrons. The molecule has 2 rings (SSSR count). The van der Waals surface area contributed by atoms with E-state index in [9.17, 15) is 0 Å². The highest BCUT2D eigenvalue weighted by Gasteiger charge is 2.35. The van der Waals surface area contributed by atoms with Gasteiger partial charge in [0.25, 0.3) is 0 Å². The van der Waals surface area contributed by atoms with Crippen LogP contribution in [0.3, 0.4) is 0 Å². The first-order chi connectivity index (χ1) is 12.3. The summed E-state index contributed by atoms with van der Waals surface area (Å²) in [5.41, 5.74) is 2.47. The summed E-state index contributed by atoms with van der Waals surface area (Å²) in [6, 6.07) is 2.12. The van der Waals surface area contributed by atoms with Crippen molar-refractivity contribution >= 4 is 5.96 Å². The lowest BCUT2D eigenvalue weighted by Crippen LogP contribution is -2.47. The van der Waals surface area contributed by atoms with Crippen molar-refractivity contribution in [1.82, 2.24) is 20.4 Å². The molecule has 2 N–H and O–H groups in total. The second kappa shape index (κ2) is 9.40. The highest BCUT2D eigenvalue weighted by molar-refractivity contribution is 5.79. The Kier molecular flexibility index (Phi) is 7.50. The van der Waals surface area contributed by atoms with Gasteiger partial charge in [0.2, 0.25) is 0 Å². The fraction of sp³-hybridized carbons (Fsp3) is 0.800. The normalized spacial score (nSPS) is 21.7. The molecule has 2 unspecified atom stereocenters. The van der Waals surface area contributed by atoms with E-state index in [0.717, 1.165) is 50.7 Å². The van der Waals surface area contributed by atoms with Gasteiger partial charge in [-0.1, -0.05) is 20.8 Å². The maximum Gasteiger partial charge on any atom is 0.190 e. The van der Waals surface area contributed by atoms with Crippen molar-refractivity contribution in [2.24, 2.45) is 16.3 Å². The van der Waals surface area contributed by atoms with Gasteiger partial charge in [-0.05, 0) is 44.6 Å². The van der Waals surface area contributed by atoms with Gasteiger partial charge in [-0.2, -0.15) is 5.10 Å². The molecule has 1 saturated heterocycles. The molecule has 6 heteroatoms. The molecule has 0 aliphatic carbocycles. The average Bonchev–Trinajstić information content (AvgIpc) is 2.91. The minimum absolute atomic E-state index is 0.170. The zero-order valence-electron chi connectivity index (χ0n) is 17.4. The molecule has 0 spiro atoms. The van der Waals surface area contributed by atoms with Gasteiger partial charge in [0.1, 0.15) is 0 Å². The fourth-order valence-corrected chi connectivity index (χ4v) is 3.79. The molecule has 0 aromatic carbocycles. The predicted molar refractivity (Wildman–Crippen MR) is 108 cm³/mol. The summed E-state index contributed by atoms with van der Waals surface area (Å²) in [6.45, 7) is 14.5. The van der Waals surface area contributed by atoms with Crippen LogP contribution in [0, 0.1) is 25.2 Å². The van der Waals surface area contributed by atoms with Gasteiger partial charge in [0.05, 0.1) is 11.8 Å². The van der Waals surface area contributed by atoms with Crippen molar-refractivity contribution in [2.75, 3.05) is 26.7 Å². The van der Waals surface area contributed by atoms with E-state index in [4.69, 9.17) is 4.74 Å². The van der Waals surface area contributed by atoms with Crippen LogP contribution in [0.5, 0.6) is 0 Å². The van der Waals surface area contributed by atoms with Crippen LogP contribution in [0.15, 0.2) is 11.1 Å². The molecule has 1 aliphatic heterocycles. The number of ether oxygens (including phenoxy) is 1. The summed E-state index contributed by atoms with van der Waals surface area (Å²) in [6.07, 6.45) is 3.67. The number of guanidine groups is 1. The van der Waals surface area contributed by atoms with Gasteiger partial charge in [0.15, 0.2) is 5.96 Å². The Balaban J connectivity index is 1.74. The lowest BCUT2D eigenvalue weighted by molar-refractivity contribution is -0.0835. The van der Waals surface area contributed by atoms with Crippen molar-refractivity contribution in [3.63, 3.8) is 0 Å². The Morgan fingerprint density at radius 2 is 2.12 bits per heavy atom. The predicted octanol–water partition coefficient (Wildman–Crippen LogP) is 2.90. The Labute approximate surface area is 158 Å². The molecule has 1 aliphatic rings. The Hall–Kier alpha value is -1.56. The van der Waals surface area contributed by atoms with Crippen molar-refractivity contribution in [3.8, 4) is 0 Å². The molecule has 0 bridgehead atoms. The van der Waals surface area contributed by atoms with Gasteiger partial charge < -0.3 is 15.4 Å². The third-order valence-electron chi connectivity index (χ3n) is 5.00. The van der Waals surface area contributed by atoms with Gasteiger partial charge >= 0.3 is 0 Å². The fourth-order valence-electron chi connectivity index (χ4n) is 3.79. The lowest BCUT2D eigenvalue weighted by Gasteiger charge is -2.40. The first-order valence-corrected chi connectivity index (χ1v) is 9.88. The number of aliphatic imine (C=N–C) groups is 1. The van der Waals surface area contributed by atoms with E-state index in [2.05, 4.69) is 59.2 Å². The Morgan fingerprint density at radius 3 is 2.73 bits per heavy atom. The molecular formula is C20H37N5O. The van der Waals surface area contributed by atoms with E-state index < -0.39 is 0 Å². The number of rotatable bonds is 6. The first kappa shape index (κ1) is 20.7. The summed E-state index contributed by atoms with van der Waals surface area (Å²) in [4.78, 5) is 4.36. The summed E-state index contributed by atoms with van der Waals surface area (Å²) < 4.78 is 8.14. The Bertz CT molecular complexity index is 588. The van der Waals surface area contributed by atoms with Crippen LogP contribution in [0.4, 0.5) is 0 Å². The number of nitrogens with zero attached hydrogens (tertiary/aromatic N) is 3. The summed E-state index contributed by atoms with van der Waals surface area (Å²) >= 11 is 0. The molecule has 1 aromatic heterocycles. The van der Waals surface area contributed by atoms with Crippen molar-refractivity contribution in [3.05, 3.63) is 17.5 Å². The zero-order valence-corrected chi connectivity index (χ0v) is 17.4. The van der Waals surface area contributed by atoms with E-state index >= 15 is 0 Å². The van der Waals surface area contributed by atoms with Gasteiger partial charge in [-0.3, -0.25) is 9.67 Å². The average molecular weight is 364 g/mol. The summed E-state index contributed by atoms with van der Waals surface area (Å²) in [7, 11) is 1.83. The van der Waals surface area contributed by atoms with Crippen LogP contribution in [0.25, 0.3) is 0 Å². The highest BCUT2D eigenvalue weighted by atomic mass is 16.5. The molecule has 1 aromatic rings. The monoisotopic (exact) mass is 363 g/mol. The van der Waals surface area contributed by atoms with Crippen LogP contribution in [0.2, 0.25) is 0 Å². The van der Waals surface area contributed by atoms with Crippen molar-refractivity contribution in [2.45, 2.75) is 66.5 Å². The molecular weight excluding hydrogens is 326 g/mol. The van der Waals surface area contributed by atoms with Gasteiger partial charge in [-0.15, -0.1) is 0 Å². The van der Waals surface area contributed by atoms with Crippen LogP contribution < -0.4 is 10.6 Å². The molecule has 1 fully saturated rings. The Morgan fingerprint density at radius 1 is 1.35 bits per heavy atom. The van der Waals surface area contributed by atoms with Gasteiger partial charge in [0, 0.05) is 44.9 Å². The minimum atomic E-state index is 0.170. The lowest BCUT2D eigenvalue weighted by atomic mass is 9.78. The van der Waals surface area contributed by atoms with E-state index in [1.807, 2.05) is 14.0 Å². The van der Waals surface area contributed by atoms with E-state index in [1.165, 1.54) is 12.1 Å². The largest absolute Gasteiger partial charge is 0.377 e. The number of hydrogen-bond donors (Lipinski definition) is 2. The molecule has 148 valence electrons. The smallest absolute Gasteiger partial charge is 0.190 e. The number of aromatic nitrogens is 2. The van der Waals surface area contributed by atoms with E-state index in [-0.39, 0.29) is 5.41 Å². The molecule has 2 heterocycles. The third-order valence-corrected chi connectivity index (χ3v) is 5.00. The molecule has 6 nitrogen and oxygen atoms in total. The quantitative estimate of drug-likeness (QED) is 0.463. The third kappa shape index (κ3) is 6.01. The van der Waals surface area contributed by atoms with Crippen LogP contribution in [-0.2, 0) is 11.3 Å². The highest BCUT2D eigenvalue weighted by Crippen LogP contribution is 2.33. The van der Waals surface area contributed by atoms with Crippen molar-refractivity contribution < 1.29 is 4.74 Å². The summed E-state index contributed by atoms with van der Waals surface area (Å²) in [5, 5.41) is 11.4. The second-order valence-corrected chi connectivity index (χ2v) is 8.44. The number of aryl methyl sites for hydroxylation is 3. The summed E-state index contributed by atoms with van der Waals surface area (Å²) in [5.74, 6) is 1.40. The zero-order chi connectivity index (χ0) is 19.2. The minimum Gasteiger partial charge on any atom is -0.377 e.